The van der Waals surface area contributed by atoms with Gasteiger partial charge in [-0.15, -0.1) is 0 Å². The van der Waals surface area contributed by atoms with E-state index in [9.17, 15) is 0 Å². The average Bonchev–Trinajstić information content (AvgIpc) is 2.41. The Balaban J connectivity index is 2.75. The topological polar surface area (TPSA) is 35.0 Å². The molecule has 0 radical (unpaired) electrons. The summed E-state index contributed by atoms with van der Waals surface area (Å²) in [6, 6.07) is 5.47. The summed E-state index contributed by atoms with van der Waals surface area (Å²) < 4.78 is 5.35. The van der Waals surface area contributed by atoms with Crippen LogP contribution in [0.5, 0.6) is 5.75 Å². The van der Waals surface area contributed by atoms with Crippen LogP contribution in [0.15, 0.2) is 23.4 Å². The number of aromatic nitrogens is 2. The van der Waals surface area contributed by atoms with Gasteiger partial charge in [0.05, 0.1) is 23.4 Å². The van der Waals surface area contributed by atoms with Crippen LogP contribution in [0.1, 0.15) is 5.56 Å². The number of halogens is 2. The predicted octanol–water partition coefficient (Wildman–Crippen LogP) is 4.49. The Morgan fingerprint density at radius 3 is 2.58 bits per heavy atom. The number of nitrogens with zero attached hydrogens (tertiary/aromatic N) is 2. The van der Waals surface area contributed by atoms with Gasteiger partial charge in [-0.1, -0.05) is 41.0 Å². The van der Waals surface area contributed by atoms with Crippen LogP contribution in [-0.2, 0) is 0 Å². The van der Waals surface area contributed by atoms with Gasteiger partial charge < -0.3 is 4.74 Å². The van der Waals surface area contributed by atoms with Crippen molar-refractivity contribution >= 4 is 35.0 Å². The fourth-order valence-corrected chi connectivity index (χ4v) is 2.55. The Labute approximate surface area is 126 Å². The second kappa shape index (κ2) is 5.99. The van der Waals surface area contributed by atoms with Crippen LogP contribution in [0.2, 0.25) is 10.2 Å². The summed E-state index contributed by atoms with van der Waals surface area (Å²) in [6.07, 6.45) is 1.90. The molecule has 2 rings (SSSR count). The van der Waals surface area contributed by atoms with E-state index in [4.69, 9.17) is 27.9 Å². The van der Waals surface area contributed by atoms with Gasteiger partial charge in [0.1, 0.15) is 10.9 Å². The van der Waals surface area contributed by atoms with E-state index >= 15 is 0 Å². The first kappa shape index (κ1) is 14.4. The van der Waals surface area contributed by atoms with Crippen LogP contribution in [0.3, 0.4) is 0 Å². The highest BCUT2D eigenvalue weighted by atomic mass is 35.5. The van der Waals surface area contributed by atoms with Crippen molar-refractivity contribution in [2.24, 2.45) is 0 Å². The van der Waals surface area contributed by atoms with Crippen molar-refractivity contribution in [3.05, 3.63) is 33.9 Å². The molecule has 0 bridgehead atoms. The van der Waals surface area contributed by atoms with Crippen LogP contribution >= 0.6 is 35.0 Å². The Hall–Kier alpha value is -0.970. The lowest BCUT2D eigenvalue weighted by molar-refractivity contribution is 0.416. The maximum atomic E-state index is 6.27. The molecule has 1 aromatic carbocycles. The van der Waals surface area contributed by atoms with Gasteiger partial charge in [-0.2, -0.15) is 0 Å². The maximum Gasteiger partial charge on any atom is 0.189 e. The first-order chi connectivity index (χ1) is 9.08. The van der Waals surface area contributed by atoms with Crippen molar-refractivity contribution in [1.29, 1.82) is 0 Å². The standard InChI is InChI=1S/C13H12Cl2N2OS/c1-7-11(16-13(19-3)17-12(7)15)10-8(14)5-4-6-9(10)18-2/h4-6H,1-3H3. The molecule has 0 aliphatic rings. The van der Waals surface area contributed by atoms with Gasteiger partial charge in [0.25, 0.3) is 0 Å². The molecule has 0 N–H and O–H groups in total. The lowest BCUT2D eigenvalue weighted by Gasteiger charge is -2.13. The van der Waals surface area contributed by atoms with E-state index < -0.39 is 0 Å². The normalized spacial score (nSPS) is 10.6. The van der Waals surface area contributed by atoms with Gasteiger partial charge in [-0.3, -0.25) is 0 Å². The zero-order chi connectivity index (χ0) is 14.0. The molecule has 0 fully saturated rings. The summed E-state index contributed by atoms with van der Waals surface area (Å²) in [5, 5.41) is 1.60. The molecule has 0 spiro atoms. The number of ether oxygens (including phenoxy) is 1. The lowest BCUT2D eigenvalue weighted by Crippen LogP contribution is -1.98. The van der Waals surface area contributed by atoms with E-state index in [1.807, 2.05) is 25.3 Å². The fourth-order valence-electron chi connectivity index (χ4n) is 1.71. The summed E-state index contributed by atoms with van der Waals surface area (Å²) in [6.45, 7) is 1.87. The molecular formula is C13H12Cl2N2OS. The number of thioether (sulfide) groups is 1. The van der Waals surface area contributed by atoms with Crippen LogP contribution in [0, 0.1) is 6.92 Å². The first-order valence-corrected chi connectivity index (χ1v) is 7.47. The van der Waals surface area contributed by atoms with Crippen molar-refractivity contribution in [3.63, 3.8) is 0 Å². The van der Waals surface area contributed by atoms with Crippen LogP contribution in [-0.4, -0.2) is 23.3 Å². The van der Waals surface area contributed by atoms with Crippen LogP contribution in [0.4, 0.5) is 0 Å². The van der Waals surface area contributed by atoms with E-state index in [1.165, 1.54) is 11.8 Å². The van der Waals surface area contributed by atoms with Crippen molar-refractivity contribution in [2.45, 2.75) is 12.1 Å². The van der Waals surface area contributed by atoms with Crippen LogP contribution < -0.4 is 4.74 Å². The maximum absolute atomic E-state index is 6.27. The van der Waals surface area contributed by atoms with Crippen molar-refractivity contribution in [2.75, 3.05) is 13.4 Å². The monoisotopic (exact) mass is 314 g/mol. The van der Waals surface area contributed by atoms with Gasteiger partial charge >= 0.3 is 0 Å². The van der Waals surface area contributed by atoms with Crippen molar-refractivity contribution < 1.29 is 4.74 Å². The molecule has 1 aromatic heterocycles. The quantitative estimate of drug-likeness (QED) is 0.475. The van der Waals surface area contributed by atoms with E-state index in [0.717, 1.165) is 11.1 Å². The number of rotatable bonds is 3. The smallest absolute Gasteiger partial charge is 0.189 e. The minimum Gasteiger partial charge on any atom is -0.496 e. The first-order valence-electron chi connectivity index (χ1n) is 5.49. The third-order valence-electron chi connectivity index (χ3n) is 2.68. The lowest BCUT2D eigenvalue weighted by atomic mass is 10.1. The minimum atomic E-state index is 0.427. The molecule has 0 saturated carbocycles. The molecule has 0 unspecified atom stereocenters. The number of hydrogen-bond acceptors (Lipinski definition) is 4. The second-order valence-corrected chi connectivity index (χ2v) is 5.33. The second-order valence-electron chi connectivity index (χ2n) is 3.79. The van der Waals surface area contributed by atoms with Crippen molar-refractivity contribution in [1.82, 2.24) is 9.97 Å². The third-order valence-corrected chi connectivity index (χ3v) is 3.91. The van der Waals surface area contributed by atoms with Gasteiger partial charge in [-0.25, -0.2) is 9.97 Å². The largest absolute Gasteiger partial charge is 0.496 e. The van der Waals surface area contributed by atoms with Gasteiger partial charge in [0.15, 0.2) is 5.16 Å². The SMILES string of the molecule is COc1cccc(Cl)c1-c1nc(SC)nc(Cl)c1C. The molecule has 3 nitrogen and oxygen atoms in total. The number of hydrogen-bond donors (Lipinski definition) is 0. The summed E-state index contributed by atoms with van der Waals surface area (Å²) >= 11 is 13.8. The Morgan fingerprint density at radius 1 is 1.21 bits per heavy atom. The summed E-state index contributed by atoms with van der Waals surface area (Å²) in [4.78, 5) is 8.69. The van der Waals surface area contributed by atoms with E-state index in [0.29, 0.717) is 26.8 Å². The molecule has 0 aliphatic carbocycles. The van der Waals surface area contributed by atoms with Crippen LogP contribution in [0.25, 0.3) is 11.3 Å². The highest BCUT2D eigenvalue weighted by molar-refractivity contribution is 7.98. The van der Waals surface area contributed by atoms with E-state index in [-0.39, 0.29) is 0 Å². The average molecular weight is 315 g/mol. The number of benzene rings is 1. The summed E-state index contributed by atoms with van der Waals surface area (Å²) in [7, 11) is 1.60. The summed E-state index contributed by atoms with van der Waals surface area (Å²) in [5.74, 6) is 0.664. The van der Waals surface area contributed by atoms with Crippen molar-refractivity contribution in [3.8, 4) is 17.0 Å². The predicted molar refractivity (Wildman–Crippen MR) is 80.6 cm³/mol. The minimum absolute atomic E-state index is 0.427. The molecule has 0 atom stereocenters. The Kier molecular flexibility index (Phi) is 4.55. The Morgan fingerprint density at radius 2 is 1.95 bits per heavy atom. The Bertz CT molecular complexity index is 620. The fraction of sp³-hybridized carbons (Fsp3) is 0.231. The number of methoxy groups -OCH3 is 1. The molecular weight excluding hydrogens is 303 g/mol. The molecule has 100 valence electrons. The highest BCUT2D eigenvalue weighted by Gasteiger charge is 2.17. The van der Waals surface area contributed by atoms with Gasteiger partial charge in [0, 0.05) is 5.56 Å². The zero-order valence-corrected chi connectivity index (χ0v) is 13.0. The van der Waals surface area contributed by atoms with Gasteiger partial charge in [0.2, 0.25) is 0 Å². The van der Waals surface area contributed by atoms with E-state index in [1.54, 1.807) is 13.2 Å². The zero-order valence-electron chi connectivity index (χ0n) is 10.7. The third kappa shape index (κ3) is 2.81. The molecule has 19 heavy (non-hydrogen) atoms. The molecule has 0 saturated heterocycles. The molecule has 6 heteroatoms. The highest BCUT2D eigenvalue weighted by Crippen LogP contribution is 2.38. The molecule has 0 amide bonds. The summed E-state index contributed by atoms with van der Waals surface area (Å²) in [5.41, 5.74) is 2.22. The molecule has 1 heterocycles. The van der Waals surface area contributed by atoms with Gasteiger partial charge in [-0.05, 0) is 25.3 Å². The molecule has 0 aliphatic heterocycles. The molecule has 2 aromatic rings. The van der Waals surface area contributed by atoms with E-state index in [2.05, 4.69) is 9.97 Å².